The van der Waals surface area contributed by atoms with Crippen LogP contribution >= 0.6 is 23.6 Å². The fourth-order valence-corrected chi connectivity index (χ4v) is 2.74. The van der Waals surface area contributed by atoms with E-state index in [-0.39, 0.29) is 5.78 Å². The van der Waals surface area contributed by atoms with Crippen LogP contribution in [0.2, 0.25) is 5.02 Å². The number of hydrogen-bond acceptors (Lipinski definition) is 4. The standard InChI is InChI=1S/C13H13ClO3S/c14-10-5-9-11(15)3-4-16-12(9)6-13(10)18-17-7-8-1-2-8/h5-6,8H,1-4,7H2. The van der Waals surface area contributed by atoms with Gasteiger partial charge >= 0.3 is 0 Å². The van der Waals surface area contributed by atoms with Gasteiger partial charge in [-0.1, -0.05) is 11.6 Å². The summed E-state index contributed by atoms with van der Waals surface area (Å²) in [7, 11) is 0. The SMILES string of the molecule is O=C1CCOc2cc(SOCC3CC3)c(Cl)cc21. The van der Waals surface area contributed by atoms with Gasteiger partial charge in [0.25, 0.3) is 0 Å². The van der Waals surface area contributed by atoms with E-state index in [9.17, 15) is 4.79 Å². The summed E-state index contributed by atoms with van der Waals surface area (Å²) in [6.45, 7) is 1.21. The first-order valence-electron chi connectivity index (χ1n) is 6.03. The number of fused-ring (bicyclic) bond motifs is 1. The van der Waals surface area contributed by atoms with Crippen LogP contribution in [-0.2, 0) is 4.18 Å². The van der Waals surface area contributed by atoms with E-state index >= 15 is 0 Å². The zero-order chi connectivity index (χ0) is 12.5. The van der Waals surface area contributed by atoms with Crippen LogP contribution in [0, 0.1) is 5.92 Å². The van der Waals surface area contributed by atoms with Gasteiger partial charge in [-0.2, -0.15) is 0 Å². The first-order chi connectivity index (χ1) is 8.74. The number of carbonyl (C=O) groups is 1. The molecule has 96 valence electrons. The third-order valence-electron chi connectivity index (χ3n) is 3.07. The molecular formula is C13H13ClO3S. The molecule has 1 aromatic rings. The average molecular weight is 285 g/mol. The van der Waals surface area contributed by atoms with Gasteiger partial charge in [0.05, 0.1) is 28.7 Å². The molecule has 0 unspecified atom stereocenters. The molecule has 1 aliphatic heterocycles. The van der Waals surface area contributed by atoms with E-state index in [0.717, 1.165) is 11.5 Å². The van der Waals surface area contributed by atoms with Gasteiger partial charge < -0.3 is 8.92 Å². The lowest BCUT2D eigenvalue weighted by Crippen LogP contribution is -2.15. The summed E-state index contributed by atoms with van der Waals surface area (Å²) < 4.78 is 11.0. The molecule has 3 rings (SSSR count). The third kappa shape index (κ3) is 2.66. The van der Waals surface area contributed by atoms with Crippen molar-refractivity contribution in [2.75, 3.05) is 13.2 Å². The molecule has 1 aliphatic carbocycles. The third-order valence-corrected chi connectivity index (χ3v) is 4.27. The Labute approximate surface area is 115 Å². The fraction of sp³-hybridized carbons (Fsp3) is 0.462. The maximum absolute atomic E-state index is 11.7. The molecule has 1 heterocycles. The quantitative estimate of drug-likeness (QED) is 0.789. The summed E-state index contributed by atoms with van der Waals surface area (Å²) in [5, 5.41) is 0.549. The monoisotopic (exact) mass is 284 g/mol. The maximum atomic E-state index is 11.7. The summed E-state index contributed by atoms with van der Waals surface area (Å²) >= 11 is 7.42. The number of hydrogen-bond donors (Lipinski definition) is 0. The molecule has 0 spiro atoms. The highest BCUT2D eigenvalue weighted by molar-refractivity contribution is 7.94. The predicted octanol–water partition coefficient (Wildman–Crippen LogP) is 3.74. The largest absolute Gasteiger partial charge is 0.492 e. The Bertz CT molecular complexity index is 485. The molecule has 18 heavy (non-hydrogen) atoms. The highest BCUT2D eigenvalue weighted by Gasteiger charge is 2.23. The molecule has 5 heteroatoms. The van der Waals surface area contributed by atoms with Crippen LogP contribution in [0.4, 0.5) is 0 Å². The van der Waals surface area contributed by atoms with Gasteiger partial charge in [0.15, 0.2) is 5.78 Å². The van der Waals surface area contributed by atoms with E-state index in [2.05, 4.69) is 0 Å². The van der Waals surface area contributed by atoms with Gasteiger partial charge in [-0.25, -0.2) is 0 Å². The van der Waals surface area contributed by atoms with Crippen molar-refractivity contribution in [3.05, 3.63) is 22.7 Å². The molecule has 1 saturated carbocycles. The number of benzene rings is 1. The Hall–Kier alpha value is -0.710. The molecule has 0 N–H and O–H groups in total. The molecule has 0 atom stereocenters. The van der Waals surface area contributed by atoms with Gasteiger partial charge in [0.2, 0.25) is 0 Å². The zero-order valence-corrected chi connectivity index (χ0v) is 11.4. The minimum atomic E-state index is 0.0913. The number of ketones is 1. The van der Waals surface area contributed by atoms with Crippen molar-refractivity contribution in [3.63, 3.8) is 0 Å². The van der Waals surface area contributed by atoms with E-state index in [0.29, 0.717) is 35.3 Å². The number of halogens is 1. The molecule has 1 fully saturated rings. The number of rotatable bonds is 4. The Morgan fingerprint density at radius 3 is 3.06 bits per heavy atom. The molecular weight excluding hydrogens is 272 g/mol. The Balaban J connectivity index is 1.75. The van der Waals surface area contributed by atoms with Crippen molar-refractivity contribution >= 4 is 29.4 Å². The molecule has 0 amide bonds. The predicted molar refractivity (Wildman–Crippen MR) is 70.4 cm³/mol. The maximum Gasteiger partial charge on any atom is 0.170 e. The summed E-state index contributed by atoms with van der Waals surface area (Å²) in [6.07, 6.45) is 2.94. The fourth-order valence-electron chi connectivity index (χ4n) is 1.80. The lowest BCUT2D eigenvalue weighted by atomic mass is 10.1. The van der Waals surface area contributed by atoms with Crippen LogP contribution in [0.5, 0.6) is 5.75 Å². The van der Waals surface area contributed by atoms with Crippen LogP contribution in [0.25, 0.3) is 0 Å². The Morgan fingerprint density at radius 2 is 2.28 bits per heavy atom. The lowest BCUT2D eigenvalue weighted by Gasteiger charge is -2.17. The highest BCUT2D eigenvalue weighted by atomic mass is 35.5. The van der Waals surface area contributed by atoms with Crippen LogP contribution in [0.3, 0.4) is 0 Å². The normalized spacial score (nSPS) is 18.4. The summed E-state index contributed by atoms with van der Waals surface area (Å²) in [6, 6.07) is 3.48. The van der Waals surface area contributed by atoms with Gasteiger partial charge in [-0.15, -0.1) is 0 Å². The topological polar surface area (TPSA) is 35.5 Å². The highest BCUT2D eigenvalue weighted by Crippen LogP contribution is 2.38. The molecule has 0 saturated heterocycles. The summed E-state index contributed by atoms with van der Waals surface area (Å²) in [4.78, 5) is 12.5. The van der Waals surface area contributed by atoms with Crippen LogP contribution in [0.1, 0.15) is 29.6 Å². The van der Waals surface area contributed by atoms with Crippen molar-refractivity contribution in [1.29, 1.82) is 0 Å². The Morgan fingerprint density at radius 1 is 1.44 bits per heavy atom. The van der Waals surface area contributed by atoms with Crippen LogP contribution < -0.4 is 4.74 Å². The average Bonchev–Trinajstić information content (AvgIpc) is 3.15. The van der Waals surface area contributed by atoms with Gasteiger partial charge in [0.1, 0.15) is 5.75 Å². The van der Waals surface area contributed by atoms with Crippen molar-refractivity contribution in [3.8, 4) is 5.75 Å². The summed E-state index contributed by atoms with van der Waals surface area (Å²) in [5.74, 6) is 1.42. The number of ether oxygens (including phenoxy) is 1. The zero-order valence-electron chi connectivity index (χ0n) is 9.78. The van der Waals surface area contributed by atoms with E-state index in [4.69, 9.17) is 20.5 Å². The molecule has 0 aromatic heterocycles. The first-order valence-corrected chi connectivity index (χ1v) is 7.15. The van der Waals surface area contributed by atoms with Crippen molar-refractivity contribution in [1.82, 2.24) is 0 Å². The Kier molecular flexibility index (Phi) is 3.50. The lowest BCUT2D eigenvalue weighted by molar-refractivity contribution is 0.0933. The van der Waals surface area contributed by atoms with Crippen LogP contribution in [-0.4, -0.2) is 19.0 Å². The molecule has 0 bridgehead atoms. The van der Waals surface area contributed by atoms with Gasteiger partial charge in [-0.3, -0.25) is 4.79 Å². The van der Waals surface area contributed by atoms with Crippen molar-refractivity contribution in [2.24, 2.45) is 5.92 Å². The molecule has 2 aliphatic rings. The van der Waals surface area contributed by atoms with Gasteiger partial charge in [0, 0.05) is 18.5 Å². The summed E-state index contributed by atoms with van der Waals surface area (Å²) in [5.41, 5.74) is 0.581. The number of Topliss-reactive ketones (excluding diaryl/α,β-unsaturated/α-hetero) is 1. The van der Waals surface area contributed by atoms with E-state index in [1.54, 1.807) is 12.1 Å². The smallest absolute Gasteiger partial charge is 0.170 e. The second kappa shape index (κ2) is 5.11. The van der Waals surface area contributed by atoms with Crippen molar-refractivity contribution < 1.29 is 13.7 Å². The van der Waals surface area contributed by atoms with Crippen LogP contribution in [0.15, 0.2) is 17.0 Å². The van der Waals surface area contributed by atoms with Gasteiger partial charge in [-0.05, 0) is 30.9 Å². The second-order valence-electron chi connectivity index (χ2n) is 4.61. The minimum absolute atomic E-state index is 0.0913. The molecule has 0 radical (unpaired) electrons. The minimum Gasteiger partial charge on any atom is -0.492 e. The number of carbonyl (C=O) groups excluding carboxylic acids is 1. The molecule has 1 aromatic carbocycles. The van der Waals surface area contributed by atoms with E-state index in [1.807, 2.05) is 0 Å². The molecule has 3 nitrogen and oxygen atoms in total. The van der Waals surface area contributed by atoms with E-state index in [1.165, 1.54) is 24.9 Å². The van der Waals surface area contributed by atoms with E-state index < -0.39 is 0 Å². The second-order valence-corrected chi connectivity index (χ2v) is 5.86. The first kappa shape index (κ1) is 12.3. The van der Waals surface area contributed by atoms with Crippen molar-refractivity contribution in [2.45, 2.75) is 24.2 Å².